The number of nitrogens with zero attached hydrogens (tertiary/aromatic N) is 3. The Hall–Kier alpha value is -3.65. The highest BCUT2D eigenvalue weighted by atomic mass is 35.5. The second-order valence-electron chi connectivity index (χ2n) is 6.70. The summed E-state index contributed by atoms with van der Waals surface area (Å²) in [4.78, 5) is 22.7. The second kappa shape index (κ2) is 9.44. The molecule has 160 valence electrons. The fraction of sp³-hybridized carbons (Fsp3) is 0.182. The van der Waals surface area contributed by atoms with Crippen LogP contribution in [0.3, 0.4) is 0 Å². The van der Waals surface area contributed by atoms with Crippen molar-refractivity contribution in [2.75, 3.05) is 7.11 Å². The molecule has 31 heavy (non-hydrogen) atoms. The number of aryl methyl sites for hydroxylation is 1. The Kier molecular flexibility index (Phi) is 6.71. The van der Waals surface area contributed by atoms with Crippen molar-refractivity contribution >= 4 is 29.1 Å². The van der Waals surface area contributed by atoms with Crippen LogP contribution in [0.2, 0.25) is 5.02 Å². The Labute approximate surface area is 183 Å². The summed E-state index contributed by atoms with van der Waals surface area (Å²) < 4.78 is 12.8. The zero-order valence-corrected chi connectivity index (χ0v) is 17.9. The average molecular weight is 442 g/mol. The van der Waals surface area contributed by atoms with Crippen molar-refractivity contribution in [1.82, 2.24) is 9.78 Å². The zero-order valence-electron chi connectivity index (χ0n) is 17.2. The summed E-state index contributed by atoms with van der Waals surface area (Å²) >= 11 is 6.09. The largest absolute Gasteiger partial charge is 0.496 e. The lowest BCUT2D eigenvalue weighted by molar-refractivity contribution is -0.384. The van der Waals surface area contributed by atoms with Crippen LogP contribution in [0.15, 0.2) is 48.7 Å². The van der Waals surface area contributed by atoms with E-state index in [2.05, 4.69) is 5.10 Å². The van der Waals surface area contributed by atoms with E-state index in [0.717, 1.165) is 16.8 Å². The minimum absolute atomic E-state index is 0.115. The number of halogens is 1. The van der Waals surface area contributed by atoms with Gasteiger partial charge in [-0.25, -0.2) is 0 Å². The fourth-order valence-corrected chi connectivity index (χ4v) is 3.12. The van der Waals surface area contributed by atoms with Crippen LogP contribution in [0.25, 0.3) is 6.08 Å². The monoisotopic (exact) mass is 441 g/mol. The highest BCUT2D eigenvalue weighted by Gasteiger charge is 2.13. The molecule has 0 aliphatic heterocycles. The van der Waals surface area contributed by atoms with Crippen molar-refractivity contribution in [3.8, 4) is 11.5 Å². The summed E-state index contributed by atoms with van der Waals surface area (Å²) in [7, 11) is 3.32. The van der Waals surface area contributed by atoms with E-state index in [0.29, 0.717) is 17.1 Å². The zero-order chi connectivity index (χ0) is 22.5. The molecule has 0 unspecified atom stereocenters. The molecule has 0 saturated heterocycles. The number of methoxy groups -OCH3 is 1. The molecule has 0 N–H and O–H groups in total. The van der Waals surface area contributed by atoms with Crippen LogP contribution in [0, 0.1) is 17.0 Å². The molecule has 0 saturated carbocycles. The van der Waals surface area contributed by atoms with E-state index in [9.17, 15) is 14.9 Å². The number of nitro groups is 1. The molecule has 0 fully saturated rings. The second-order valence-corrected chi connectivity index (χ2v) is 7.10. The molecule has 0 bridgehead atoms. The molecule has 1 heterocycles. The lowest BCUT2D eigenvalue weighted by Gasteiger charge is -2.12. The molecule has 2 aromatic carbocycles. The maximum atomic E-state index is 12.4. The molecular formula is C22H20ClN3O5. The van der Waals surface area contributed by atoms with Gasteiger partial charge in [0.25, 0.3) is 5.69 Å². The number of ether oxygens (including phenoxy) is 2. The maximum Gasteiger partial charge on any atom is 0.271 e. The van der Waals surface area contributed by atoms with Gasteiger partial charge in [-0.05, 0) is 36.8 Å². The van der Waals surface area contributed by atoms with Crippen LogP contribution in [0.5, 0.6) is 11.5 Å². The van der Waals surface area contributed by atoms with Crippen LogP contribution < -0.4 is 9.47 Å². The van der Waals surface area contributed by atoms with Crippen molar-refractivity contribution in [1.29, 1.82) is 0 Å². The molecule has 0 amide bonds. The topological polar surface area (TPSA) is 96.5 Å². The van der Waals surface area contributed by atoms with Gasteiger partial charge in [-0.2, -0.15) is 5.10 Å². The van der Waals surface area contributed by atoms with Gasteiger partial charge in [0.15, 0.2) is 5.78 Å². The quantitative estimate of drug-likeness (QED) is 0.216. The Morgan fingerprint density at radius 1 is 1.26 bits per heavy atom. The first kappa shape index (κ1) is 22.0. The van der Waals surface area contributed by atoms with Crippen LogP contribution in [-0.4, -0.2) is 27.6 Å². The Bertz CT molecular complexity index is 1170. The third-order valence-corrected chi connectivity index (χ3v) is 5.04. The van der Waals surface area contributed by atoms with Crippen molar-refractivity contribution in [3.63, 3.8) is 0 Å². The molecule has 3 aromatic rings. The van der Waals surface area contributed by atoms with E-state index in [-0.39, 0.29) is 23.1 Å². The van der Waals surface area contributed by atoms with Gasteiger partial charge in [0, 0.05) is 30.4 Å². The number of hydrogen-bond donors (Lipinski definition) is 0. The van der Waals surface area contributed by atoms with Crippen molar-refractivity contribution < 1.29 is 19.2 Å². The van der Waals surface area contributed by atoms with Gasteiger partial charge in [0.1, 0.15) is 18.1 Å². The minimum Gasteiger partial charge on any atom is -0.496 e. The molecule has 1 aromatic heterocycles. The number of carbonyl (C=O) groups is 1. The third kappa shape index (κ3) is 5.10. The van der Waals surface area contributed by atoms with E-state index in [4.69, 9.17) is 21.1 Å². The van der Waals surface area contributed by atoms with Crippen LogP contribution in [-0.2, 0) is 13.7 Å². The van der Waals surface area contributed by atoms with Crippen molar-refractivity contribution in [3.05, 3.63) is 86.2 Å². The van der Waals surface area contributed by atoms with Crippen LogP contribution in [0.4, 0.5) is 5.69 Å². The number of non-ortho nitro benzene ring substituents is 1. The molecule has 9 heteroatoms. The Morgan fingerprint density at radius 3 is 2.61 bits per heavy atom. The summed E-state index contributed by atoms with van der Waals surface area (Å²) in [5.41, 5.74) is 2.73. The van der Waals surface area contributed by atoms with Crippen molar-refractivity contribution in [2.45, 2.75) is 13.5 Å². The summed E-state index contributed by atoms with van der Waals surface area (Å²) in [6.07, 6.45) is 4.74. The minimum atomic E-state index is -0.525. The standard InChI is InChI=1S/C22H20ClN3O5/c1-14-18(12-24-25(14)2)20(27)7-4-15-5-8-21(30-3)16(10-15)13-31-22-9-6-17(26(28)29)11-19(22)23/h4-12H,13H2,1-3H3/b7-4+. The number of hydrogen-bond acceptors (Lipinski definition) is 6. The number of aromatic nitrogens is 2. The van der Waals surface area contributed by atoms with Gasteiger partial charge < -0.3 is 9.47 Å². The fourth-order valence-electron chi connectivity index (χ4n) is 2.89. The molecule has 0 spiro atoms. The normalized spacial score (nSPS) is 11.0. The average Bonchev–Trinajstić information content (AvgIpc) is 3.09. The van der Waals surface area contributed by atoms with Gasteiger partial charge in [-0.3, -0.25) is 19.6 Å². The van der Waals surface area contributed by atoms with Gasteiger partial charge in [0.2, 0.25) is 0 Å². The number of allylic oxidation sites excluding steroid dienone is 1. The molecular weight excluding hydrogens is 422 g/mol. The number of carbonyl (C=O) groups excluding carboxylic acids is 1. The lowest BCUT2D eigenvalue weighted by atomic mass is 10.1. The molecule has 0 atom stereocenters. The number of ketones is 1. The summed E-state index contributed by atoms with van der Waals surface area (Å²) in [5, 5.41) is 15.1. The van der Waals surface area contributed by atoms with Crippen LogP contribution in [0.1, 0.15) is 27.2 Å². The molecule has 0 radical (unpaired) electrons. The number of benzene rings is 2. The van der Waals surface area contributed by atoms with E-state index < -0.39 is 4.92 Å². The summed E-state index contributed by atoms with van der Waals surface area (Å²) in [5.74, 6) is 0.777. The maximum absolute atomic E-state index is 12.4. The summed E-state index contributed by atoms with van der Waals surface area (Å²) in [6.45, 7) is 1.96. The SMILES string of the molecule is COc1ccc(/C=C/C(=O)c2cnn(C)c2C)cc1COc1ccc([N+](=O)[O-])cc1Cl. The highest BCUT2D eigenvalue weighted by molar-refractivity contribution is 6.32. The van der Waals surface area contributed by atoms with Crippen molar-refractivity contribution in [2.24, 2.45) is 7.05 Å². The van der Waals surface area contributed by atoms with Gasteiger partial charge >= 0.3 is 0 Å². The van der Waals surface area contributed by atoms with E-state index >= 15 is 0 Å². The van der Waals surface area contributed by atoms with E-state index in [1.165, 1.54) is 24.3 Å². The molecule has 0 aliphatic rings. The highest BCUT2D eigenvalue weighted by Crippen LogP contribution is 2.30. The predicted molar refractivity (Wildman–Crippen MR) is 117 cm³/mol. The molecule has 0 aliphatic carbocycles. The molecule has 8 nitrogen and oxygen atoms in total. The smallest absolute Gasteiger partial charge is 0.271 e. The first-order valence-electron chi connectivity index (χ1n) is 9.25. The van der Waals surface area contributed by atoms with Gasteiger partial charge in [-0.15, -0.1) is 0 Å². The van der Waals surface area contributed by atoms with E-state index in [1.807, 2.05) is 19.1 Å². The predicted octanol–water partition coefficient (Wildman–Crippen LogP) is 4.77. The number of rotatable bonds is 8. The first-order chi connectivity index (χ1) is 14.8. The lowest BCUT2D eigenvalue weighted by Crippen LogP contribution is -2.00. The van der Waals surface area contributed by atoms with Gasteiger partial charge in [0.05, 0.1) is 28.8 Å². The first-order valence-corrected chi connectivity index (χ1v) is 9.62. The third-order valence-electron chi connectivity index (χ3n) is 4.74. The van der Waals surface area contributed by atoms with E-state index in [1.54, 1.807) is 37.2 Å². The Balaban J connectivity index is 1.77. The Morgan fingerprint density at radius 2 is 2.00 bits per heavy atom. The summed E-state index contributed by atoms with van der Waals surface area (Å²) in [6, 6.07) is 9.43. The van der Waals surface area contributed by atoms with Gasteiger partial charge in [-0.1, -0.05) is 23.7 Å². The van der Waals surface area contributed by atoms with Crippen LogP contribution >= 0.6 is 11.6 Å². The molecule has 3 rings (SSSR count). The number of nitro benzene ring substituents is 1.